The zero-order chi connectivity index (χ0) is 35.4. The highest BCUT2D eigenvalue weighted by molar-refractivity contribution is 5.93. The lowest BCUT2D eigenvalue weighted by atomic mass is 9.99. The molecule has 1 aliphatic heterocycles. The quantitative estimate of drug-likeness (QED) is 0.152. The molecule has 5 rings (SSSR count). The number of halogens is 2. The van der Waals surface area contributed by atoms with Crippen molar-refractivity contribution in [3.8, 4) is 22.8 Å². The number of H-pyrrole nitrogens is 1. The Morgan fingerprint density at radius 3 is 2.14 bits per heavy atom. The Bertz CT molecular complexity index is 1950. The van der Waals surface area contributed by atoms with Crippen molar-refractivity contribution in [2.24, 2.45) is 7.05 Å². The summed E-state index contributed by atoms with van der Waals surface area (Å²) in [5.74, 6) is -3.81. The molecule has 5 N–H and O–H groups in total. The van der Waals surface area contributed by atoms with Crippen LogP contribution in [0.1, 0.15) is 45.8 Å². The van der Waals surface area contributed by atoms with Gasteiger partial charge in [-0.2, -0.15) is 0 Å². The molecule has 14 nitrogen and oxygen atoms in total. The van der Waals surface area contributed by atoms with E-state index in [0.717, 1.165) is 49.2 Å². The van der Waals surface area contributed by atoms with Crippen LogP contribution in [-0.4, -0.2) is 115 Å². The number of pyridine rings is 2. The van der Waals surface area contributed by atoms with Crippen molar-refractivity contribution in [2.75, 3.05) is 47.3 Å². The zero-order valence-corrected chi connectivity index (χ0v) is 30.6. The van der Waals surface area contributed by atoms with Crippen LogP contribution in [0, 0.1) is 0 Å². The fraction of sp³-hybridized carbons (Fsp3) is 0.412. The number of aromatic nitrogens is 3. The summed E-state index contributed by atoms with van der Waals surface area (Å²) in [4.78, 5) is 55.4. The van der Waals surface area contributed by atoms with E-state index in [4.69, 9.17) is 10.2 Å². The number of benzene rings is 1. The number of rotatable bonds is 11. The highest BCUT2D eigenvalue weighted by Crippen LogP contribution is 2.32. The number of carbonyl (C=O) groups is 2. The monoisotopic (exact) mass is 736 g/mol. The van der Waals surface area contributed by atoms with E-state index < -0.39 is 45.7 Å². The van der Waals surface area contributed by atoms with Crippen molar-refractivity contribution in [1.29, 1.82) is 0 Å². The molecule has 1 fully saturated rings. The maximum absolute atomic E-state index is 12.4. The van der Waals surface area contributed by atoms with Crippen LogP contribution in [0.2, 0.25) is 0 Å². The molecule has 274 valence electrons. The van der Waals surface area contributed by atoms with Crippen molar-refractivity contribution >= 4 is 47.7 Å². The van der Waals surface area contributed by atoms with Crippen LogP contribution in [0.15, 0.2) is 46.1 Å². The molecule has 4 aromatic rings. The molecule has 3 aromatic heterocycles. The summed E-state index contributed by atoms with van der Waals surface area (Å²) < 4.78 is 3.40. The summed E-state index contributed by atoms with van der Waals surface area (Å²) in [6.45, 7) is 8.99. The number of hydrogen-bond donors (Lipinski definition) is 5. The van der Waals surface area contributed by atoms with Crippen molar-refractivity contribution in [1.82, 2.24) is 28.8 Å². The van der Waals surface area contributed by atoms with Gasteiger partial charge in [0.05, 0.1) is 5.69 Å². The van der Waals surface area contributed by atoms with Crippen LogP contribution in [-0.2, 0) is 26.6 Å². The number of nitrogens with zero attached hydrogens (tertiary/aromatic N) is 5. The molecular formula is C34H46Cl2N6O8. The molecule has 0 unspecified atom stereocenters. The van der Waals surface area contributed by atoms with Gasteiger partial charge in [0, 0.05) is 80.7 Å². The first-order valence-electron chi connectivity index (χ1n) is 15.7. The van der Waals surface area contributed by atoms with E-state index in [1.54, 1.807) is 6.92 Å². The Morgan fingerprint density at radius 2 is 1.58 bits per heavy atom. The molecule has 4 heterocycles. The first kappa shape index (κ1) is 41.8. The number of likely N-dealkylation sites (N-methyl/N-ethyl adjacent to an activating group) is 2. The van der Waals surface area contributed by atoms with Gasteiger partial charge >= 0.3 is 11.9 Å². The topological polar surface area (TPSA) is 185 Å². The third-order valence-corrected chi connectivity index (χ3v) is 8.83. The van der Waals surface area contributed by atoms with Gasteiger partial charge in [-0.1, -0.05) is 13.0 Å². The smallest absolute Gasteiger partial charge is 0.345 e. The third-order valence-electron chi connectivity index (χ3n) is 8.83. The number of aromatic amines is 1. The van der Waals surface area contributed by atoms with Crippen LogP contribution in [0.25, 0.3) is 22.2 Å². The molecule has 0 saturated carbocycles. The molecule has 0 radical (unpaired) electrons. The number of aryl methyl sites for hydroxylation is 2. The molecule has 1 aliphatic rings. The summed E-state index contributed by atoms with van der Waals surface area (Å²) in [5.41, 5.74) is 1.21. The first-order valence-corrected chi connectivity index (χ1v) is 15.7. The van der Waals surface area contributed by atoms with E-state index in [9.17, 15) is 29.4 Å². The lowest BCUT2D eigenvalue weighted by Crippen LogP contribution is -2.58. The minimum absolute atomic E-state index is 0. The van der Waals surface area contributed by atoms with E-state index in [-0.39, 0.29) is 24.8 Å². The molecule has 0 amide bonds. The van der Waals surface area contributed by atoms with Crippen LogP contribution in [0.3, 0.4) is 0 Å². The molecule has 1 aromatic carbocycles. The lowest BCUT2D eigenvalue weighted by Gasteiger charge is -2.44. The molecule has 50 heavy (non-hydrogen) atoms. The molecular weight excluding hydrogens is 691 g/mol. The number of nitrogens with one attached hydrogen (secondary N) is 1. The van der Waals surface area contributed by atoms with Crippen molar-refractivity contribution in [3.63, 3.8) is 0 Å². The fourth-order valence-corrected chi connectivity index (χ4v) is 5.87. The Balaban J connectivity index is 0.000000490. The standard InChI is InChI=1S/C26H35N5O4.C8H9NO4.2ClH/c1-6-20-23(27-25(33)22(24(20)32)26(34)35)16-7-8-21-17(11-16)12-18(30(21)5)13-31-14-19(15-31)29(4)10-9-28(2)3;1-2-9-4-3-5(10)6(7(9)11)8(12)13;;/h7-8,11-12,19H,6,9-10,13-15H2,1-5H3,(H,34,35)(H2,27,32,33);3-4,10H,2H2,1H3,(H,12,13);2*1H. The Hall–Kier alpha value is -4.34. The van der Waals surface area contributed by atoms with Crippen molar-refractivity contribution < 1.29 is 30.0 Å². The van der Waals surface area contributed by atoms with E-state index >= 15 is 0 Å². The maximum atomic E-state index is 12.4. The minimum atomic E-state index is -1.44. The predicted octanol–water partition coefficient (Wildman–Crippen LogP) is 3.29. The number of aromatic hydroxyl groups is 2. The van der Waals surface area contributed by atoms with Gasteiger partial charge in [0.15, 0.2) is 11.1 Å². The Morgan fingerprint density at radius 1 is 0.940 bits per heavy atom. The average molecular weight is 738 g/mol. The highest BCUT2D eigenvalue weighted by Gasteiger charge is 2.30. The van der Waals surface area contributed by atoms with Gasteiger partial charge in [-0.3, -0.25) is 19.4 Å². The van der Waals surface area contributed by atoms with Crippen molar-refractivity contribution in [2.45, 2.75) is 39.4 Å². The highest BCUT2D eigenvalue weighted by atomic mass is 35.5. The van der Waals surface area contributed by atoms with Gasteiger partial charge in [0.25, 0.3) is 11.1 Å². The summed E-state index contributed by atoms with van der Waals surface area (Å²) >= 11 is 0. The van der Waals surface area contributed by atoms with Gasteiger partial charge in [0.1, 0.15) is 11.5 Å². The molecule has 0 spiro atoms. The molecule has 0 bridgehead atoms. The Kier molecular flexibility index (Phi) is 14.7. The van der Waals surface area contributed by atoms with E-state index in [0.29, 0.717) is 30.3 Å². The zero-order valence-electron chi connectivity index (χ0n) is 29.0. The number of hydrogen-bond acceptors (Lipinski definition) is 9. The lowest BCUT2D eigenvalue weighted by molar-refractivity contribution is 0.0393. The van der Waals surface area contributed by atoms with Crippen LogP contribution >= 0.6 is 24.8 Å². The van der Waals surface area contributed by atoms with E-state index in [1.165, 1.54) is 22.5 Å². The van der Waals surface area contributed by atoms with Gasteiger partial charge in [0.2, 0.25) is 0 Å². The summed E-state index contributed by atoms with van der Waals surface area (Å²) in [6.07, 6.45) is 1.74. The predicted molar refractivity (Wildman–Crippen MR) is 197 cm³/mol. The summed E-state index contributed by atoms with van der Waals surface area (Å²) in [6, 6.07) is 9.82. The summed E-state index contributed by atoms with van der Waals surface area (Å²) in [7, 11) is 8.45. The SMILES string of the molecule is CCc1c(-c2ccc3c(c2)cc(CN2CC(N(C)CCN(C)C)C2)n3C)[nH]c(=O)c(C(=O)O)c1O.CCn1ccc(O)c(C(=O)O)c1=O.Cl.Cl. The van der Waals surface area contributed by atoms with Crippen molar-refractivity contribution in [3.05, 3.63) is 79.6 Å². The molecule has 0 aliphatic carbocycles. The van der Waals surface area contributed by atoms with Gasteiger partial charge in [-0.05, 0) is 64.3 Å². The second-order valence-electron chi connectivity index (χ2n) is 12.3. The minimum Gasteiger partial charge on any atom is -0.507 e. The van der Waals surface area contributed by atoms with Gasteiger partial charge < -0.3 is 39.4 Å². The summed E-state index contributed by atoms with van der Waals surface area (Å²) in [5, 5.41) is 38.5. The molecule has 1 saturated heterocycles. The van der Waals surface area contributed by atoms with Gasteiger partial charge in [-0.25, -0.2) is 9.59 Å². The second-order valence-corrected chi connectivity index (χ2v) is 12.3. The van der Waals surface area contributed by atoms with Crippen LogP contribution in [0.4, 0.5) is 0 Å². The third kappa shape index (κ3) is 8.87. The normalized spacial score (nSPS) is 13.0. The number of likely N-dealkylation sites (tertiary alicyclic amines) is 1. The average Bonchev–Trinajstić information content (AvgIpc) is 3.31. The van der Waals surface area contributed by atoms with Gasteiger partial charge in [-0.15, -0.1) is 24.8 Å². The van der Waals surface area contributed by atoms with E-state index in [2.05, 4.69) is 58.5 Å². The number of fused-ring (bicyclic) bond motifs is 1. The number of carboxylic acid groups (broad SMARTS) is 2. The molecule has 16 heteroatoms. The first-order chi connectivity index (χ1) is 22.7. The van der Waals surface area contributed by atoms with E-state index in [1.807, 2.05) is 25.1 Å². The Labute approximate surface area is 302 Å². The van der Waals surface area contributed by atoms with Crippen LogP contribution in [0.5, 0.6) is 11.5 Å². The number of aromatic carboxylic acids is 2. The number of carboxylic acids is 2. The second kappa shape index (κ2) is 17.5. The van der Waals surface area contributed by atoms with Crippen LogP contribution < -0.4 is 11.1 Å². The fourth-order valence-electron chi connectivity index (χ4n) is 5.87. The maximum Gasteiger partial charge on any atom is 0.345 e. The molecule has 0 atom stereocenters. The largest absolute Gasteiger partial charge is 0.507 e.